The van der Waals surface area contributed by atoms with E-state index < -0.39 is 39.1 Å². The number of ether oxygens (including phenoxy) is 3. The Morgan fingerprint density at radius 2 is 1.86 bits per heavy atom. The lowest BCUT2D eigenvalue weighted by atomic mass is 9.72. The van der Waals surface area contributed by atoms with Crippen molar-refractivity contribution in [1.29, 1.82) is 0 Å². The van der Waals surface area contributed by atoms with Crippen LogP contribution in [0.15, 0.2) is 24.4 Å². The maximum atomic E-state index is 14.8. The van der Waals surface area contributed by atoms with Crippen molar-refractivity contribution >= 4 is 21.8 Å². The van der Waals surface area contributed by atoms with Crippen molar-refractivity contribution in [2.24, 2.45) is 5.41 Å². The van der Waals surface area contributed by atoms with Crippen LogP contribution < -0.4 is 14.2 Å². The predicted octanol–water partition coefficient (Wildman–Crippen LogP) is 5.54. The van der Waals surface area contributed by atoms with Crippen LogP contribution in [0.25, 0.3) is 11.3 Å². The van der Waals surface area contributed by atoms with Gasteiger partial charge in [0.1, 0.15) is 28.9 Å². The van der Waals surface area contributed by atoms with Crippen LogP contribution in [0.3, 0.4) is 0 Å². The second-order valence-electron chi connectivity index (χ2n) is 11.7. The van der Waals surface area contributed by atoms with E-state index in [0.717, 1.165) is 44.7 Å². The molecule has 1 N–H and O–H groups in total. The van der Waals surface area contributed by atoms with Crippen LogP contribution in [0.1, 0.15) is 52.9 Å². The highest BCUT2D eigenvalue weighted by atomic mass is 32.2. The molecular formula is C27H34F4N4O6S. The molecule has 15 heteroatoms. The Bertz CT molecular complexity index is 1410. The largest absolute Gasteiger partial charge is 0.480 e. The fourth-order valence-electron chi connectivity index (χ4n) is 5.25. The molecule has 42 heavy (non-hydrogen) atoms. The maximum Gasteiger partial charge on any atom is 0.410 e. The van der Waals surface area contributed by atoms with Crippen LogP contribution in [0, 0.1) is 11.2 Å². The first-order chi connectivity index (χ1) is 19.5. The number of hydrogen-bond acceptors (Lipinski definition) is 8. The van der Waals surface area contributed by atoms with Crippen LogP contribution in [0.5, 0.6) is 11.8 Å². The number of rotatable bonds is 7. The van der Waals surface area contributed by atoms with Gasteiger partial charge in [-0.1, -0.05) is 0 Å². The number of sulfonamides is 1. The number of likely N-dealkylation sites (tertiary alicyclic amines) is 1. The van der Waals surface area contributed by atoms with Crippen LogP contribution in [-0.2, 0) is 14.8 Å². The summed E-state index contributed by atoms with van der Waals surface area (Å²) >= 11 is 0. The zero-order valence-corrected chi connectivity index (χ0v) is 24.6. The van der Waals surface area contributed by atoms with Crippen LogP contribution in [0.4, 0.5) is 28.0 Å². The van der Waals surface area contributed by atoms with Crippen molar-refractivity contribution in [3.63, 3.8) is 0 Å². The van der Waals surface area contributed by atoms with Crippen LogP contribution in [0.2, 0.25) is 0 Å². The molecule has 2 fully saturated rings. The average molecular weight is 619 g/mol. The van der Waals surface area contributed by atoms with Gasteiger partial charge in [0.05, 0.1) is 7.11 Å². The molecule has 0 atom stereocenters. The van der Waals surface area contributed by atoms with E-state index in [2.05, 4.69) is 9.97 Å². The molecule has 0 aromatic carbocycles. The lowest BCUT2D eigenvalue weighted by Gasteiger charge is -2.37. The van der Waals surface area contributed by atoms with Crippen molar-refractivity contribution < 1.29 is 45.0 Å². The molecule has 4 rings (SSSR count). The maximum absolute atomic E-state index is 14.8. The average Bonchev–Trinajstić information content (AvgIpc) is 3.28. The SMILES string of the molecule is COc1ncc(-c2nc(OC3CCC4(CC3)CCN(C(=O)OC(C)(C)C)C4)ccc2F)cc1NS(=O)(=O)CC(F)(F)F. The standard InChI is InChI=1S/C27H34F4N4O6S/c1-25(2,3)41-24(36)35-12-11-26(15-35)9-7-18(8-10-26)40-21-6-5-19(28)22(33-21)17-13-20(23(39-4)32-14-17)34-42(37,38)16-27(29,30)31/h5-6,13-14,18,34H,7-12,15-16H2,1-4H3. The predicted molar refractivity (Wildman–Crippen MR) is 145 cm³/mol. The summed E-state index contributed by atoms with van der Waals surface area (Å²) in [6, 6.07) is 3.60. The van der Waals surface area contributed by atoms with Gasteiger partial charge in [0.15, 0.2) is 5.75 Å². The molecule has 1 saturated carbocycles. The molecule has 2 aromatic rings. The number of aromatic nitrogens is 2. The fourth-order valence-corrected chi connectivity index (χ4v) is 6.23. The van der Waals surface area contributed by atoms with Gasteiger partial charge in [-0.3, -0.25) is 4.72 Å². The number of amides is 1. The smallest absolute Gasteiger partial charge is 0.410 e. The van der Waals surface area contributed by atoms with E-state index in [1.807, 2.05) is 20.8 Å². The lowest BCUT2D eigenvalue weighted by molar-refractivity contribution is -0.106. The van der Waals surface area contributed by atoms with Gasteiger partial charge < -0.3 is 19.1 Å². The fraction of sp³-hybridized carbons (Fsp3) is 0.593. The van der Waals surface area contributed by atoms with Crippen molar-refractivity contribution in [2.75, 3.05) is 30.7 Å². The van der Waals surface area contributed by atoms with E-state index >= 15 is 0 Å². The molecule has 2 aliphatic rings. The van der Waals surface area contributed by atoms with Crippen molar-refractivity contribution in [2.45, 2.75) is 70.8 Å². The highest BCUT2D eigenvalue weighted by Crippen LogP contribution is 2.45. The number of anilines is 1. The van der Waals surface area contributed by atoms with Crippen molar-refractivity contribution in [3.8, 4) is 23.0 Å². The Kier molecular flexibility index (Phi) is 8.82. The quantitative estimate of drug-likeness (QED) is 0.402. The number of nitrogens with one attached hydrogen (secondary N) is 1. The van der Waals surface area contributed by atoms with E-state index in [9.17, 15) is 30.8 Å². The molecule has 0 unspecified atom stereocenters. The topological polar surface area (TPSA) is 120 Å². The van der Waals surface area contributed by atoms with Gasteiger partial charge in [-0.05, 0) is 70.4 Å². The molecule has 1 aliphatic carbocycles. The first-order valence-electron chi connectivity index (χ1n) is 13.4. The highest BCUT2D eigenvalue weighted by Gasteiger charge is 2.44. The van der Waals surface area contributed by atoms with Gasteiger partial charge >= 0.3 is 12.3 Å². The summed E-state index contributed by atoms with van der Waals surface area (Å²) < 4.78 is 95.3. The van der Waals surface area contributed by atoms with E-state index in [-0.39, 0.29) is 40.6 Å². The number of carbonyl (C=O) groups excluding carboxylic acids is 1. The summed E-state index contributed by atoms with van der Waals surface area (Å²) in [6.07, 6.45) is -0.395. The number of methoxy groups -OCH3 is 1. The monoisotopic (exact) mass is 618 g/mol. The second kappa shape index (κ2) is 11.7. The minimum Gasteiger partial charge on any atom is -0.480 e. The summed E-state index contributed by atoms with van der Waals surface area (Å²) in [5.74, 6) is -3.06. The summed E-state index contributed by atoms with van der Waals surface area (Å²) in [4.78, 5) is 22.4. The molecule has 1 spiro atoms. The summed E-state index contributed by atoms with van der Waals surface area (Å²) in [7, 11) is -3.69. The number of alkyl halides is 3. The van der Waals surface area contributed by atoms with Gasteiger partial charge in [0.2, 0.25) is 21.8 Å². The number of nitrogens with zero attached hydrogens (tertiary/aromatic N) is 3. The van der Waals surface area contributed by atoms with E-state index in [4.69, 9.17) is 14.2 Å². The zero-order valence-electron chi connectivity index (χ0n) is 23.8. The van der Waals surface area contributed by atoms with E-state index in [0.29, 0.717) is 25.9 Å². The molecule has 0 bridgehead atoms. The highest BCUT2D eigenvalue weighted by molar-refractivity contribution is 7.92. The van der Waals surface area contributed by atoms with Gasteiger partial charge in [-0.2, -0.15) is 13.2 Å². The summed E-state index contributed by atoms with van der Waals surface area (Å²) in [5.41, 5.74) is -1.21. The van der Waals surface area contributed by atoms with Gasteiger partial charge in [0, 0.05) is 30.9 Å². The number of hydrogen-bond donors (Lipinski definition) is 1. The molecule has 0 radical (unpaired) electrons. The van der Waals surface area contributed by atoms with Crippen molar-refractivity contribution in [1.82, 2.24) is 14.9 Å². The summed E-state index contributed by atoms with van der Waals surface area (Å²) in [6.45, 7) is 6.75. The number of halogens is 4. The first kappa shape index (κ1) is 31.6. The van der Waals surface area contributed by atoms with Crippen LogP contribution >= 0.6 is 0 Å². The molecule has 1 amide bonds. The molecule has 2 aromatic heterocycles. The van der Waals surface area contributed by atoms with E-state index in [1.165, 1.54) is 6.07 Å². The van der Waals surface area contributed by atoms with Gasteiger partial charge in [-0.25, -0.2) is 27.6 Å². The molecular weight excluding hydrogens is 584 g/mol. The Morgan fingerprint density at radius 3 is 2.48 bits per heavy atom. The third-order valence-electron chi connectivity index (χ3n) is 7.13. The number of carbonyl (C=O) groups is 1. The van der Waals surface area contributed by atoms with Crippen LogP contribution in [-0.4, -0.2) is 73.2 Å². The Labute approximate surface area is 241 Å². The molecule has 3 heterocycles. The zero-order chi connectivity index (χ0) is 30.9. The lowest BCUT2D eigenvalue weighted by Crippen LogP contribution is -2.39. The second-order valence-corrected chi connectivity index (χ2v) is 13.4. The van der Waals surface area contributed by atoms with Gasteiger partial charge in [0.25, 0.3) is 0 Å². The van der Waals surface area contributed by atoms with Gasteiger partial charge in [-0.15, -0.1) is 0 Å². The third-order valence-corrected chi connectivity index (χ3v) is 8.37. The minimum absolute atomic E-state index is 0.000698. The van der Waals surface area contributed by atoms with Crippen molar-refractivity contribution in [3.05, 3.63) is 30.2 Å². The Morgan fingerprint density at radius 1 is 1.17 bits per heavy atom. The normalized spacial score (nSPS) is 21.3. The third kappa shape index (κ3) is 8.13. The first-order valence-corrected chi connectivity index (χ1v) is 15.0. The molecule has 1 saturated heterocycles. The summed E-state index contributed by atoms with van der Waals surface area (Å²) in [5, 5.41) is 0. The van der Waals surface area contributed by atoms with E-state index in [1.54, 1.807) is 9.62 Å². The molecule has 1 aliphatic heterocycles. The Balaban J connectivity index is 1.44. The molecule has 232 valence electrons. The Hall–Kier alpha value is -3.36. The molecule has 10 nitrogen and oxygen atoms in total. The number of pyridine rings is 2. The minimum atomic E-state index is -4.97.